The number of ether oxygens (including phenoxy) is 2. The zero-order valence-corrected chi connectivity index (χ0v) is 19.9. The maximum Gasteiger partial charge on any atom is 0.266 e. The van der Waals surface area contributed by atoms with Crippen LogP contribution in [0.2, 0.25) is 5.02 Å². The summed E-state index contributed by atoms with van der Waals surface area (Å²) in [4.78, 5) is 21.9. The Labute approximate surface area is 192 Å². The fourth-order valence-electron chi connectivity index (χ4n) is 3.23. The van der Waals surface area contributed by atoms with Crippen LogP contribution >= 0.6 is 22.9 Å². The van der Waals surface area contributed by atoms with Gasteiger partial charge in [-0.15, -0.1) is 0 Å². The maximum absolute atomic E-state index is 13.2. The minimum atomic E-state index is -0.150. The molecule has 1 aromatic heterocycles. The zero-order chi connectivity index (χ0) is 22.4. The van der Waals surface area contributed by atoms with Gasteiger partial charge in [-0.3, -0.25) is 9.69 Å². The molecule has 0 aliphatic carbocycles. The predicted molar refractivity (Wildman–Crippen MR) is 128 cm³/mol. The number of nitrogens with zero attached hydrogens (tertiary/aromatic N) is 3. The monoisotopic (exact) mass is 461 g/mol. The van der Waals surface area contributed by atoms with Crippen LogP contribution in [0.5, 0.6) is 11.5 Å². The van der Waals surface area contributed by atoms with E-state index in [4.69, 9.17) is 26.1 Å². The molecule has 0 aliphatic heterocycles. The van der Waals surface area contributed by atoms with E-state index in [1.54, 1.807) is 24.1 Å². The van der Waals surface area contributed by atoms with Crippen molar-refractivity contribution in [2.24, 2.45) is 0 Å². The number of carbonyl (C=O) groups excluding carboxylic acids is 1. The van der Waals surface area contributed by atoms with Gasteiger partial charge in [0.2, 0.25) is 0 Å². The number of benzene rings is 2. The van der Waals surface area contributed by atoms with E-state index in [9.17, 15) is 4.79 Å². The number of thiazole rings is 1. The third-order valence-electron chi connectivity index (χ3n) is 5.16. The lowest BCUT2D eigenvalue weighted by Gasteiger charge is -2.24. The van der Waals surface area contributed by atoms with Crippen molar-refractivity contribution in [1.82, 2.24) is 9.88 Å². The van der Waals surface area contributed by atoms with E-state index in [-0.39, 0.29) is 12.5 Å². The summed E-state index contributed by atoms with van der Waals surface area (Å²) < 4.78 is 11.9. The molecular weight excluding hydrogens is 434 g/mol. The molecule has 6 nitrogen and oxygen atoms in total. The molecule has 3 rings (SSSR count). The van der Waals surface area contributed by atoms with Crippen LogP contribution in [0.25, 0.3) is 10.2 Å². The topological polar surface area (TPSA) is 54.9 Å². The van der Waals surface area contributed by atoms with Crippen molar-refractivity contribution in [2.75, 3.05) is 44.8 Å². The molecule has 0 atom stereocenters. The SMILES string of the molecule is CCN(CC)CCN(C(=O)COc1cccc(OC)c1)c1nc2c(C)ccc(Cl)c2s1. The fraction of sp³-hybridized carbons (Fsp3) is 0.391. The number of methoxy groups -OCH3 is 1. The Bertz CT molecular complexity index is 997. The molecule has 3 aromatic rings. The third-order valence-corrected chi connectivity index (χ3v) is 6.69. The standard InChI is InChI=1S/C23H28ClN3O3S/c1-5-26(6-2)12-13-27(20(28)15-30-18-9-7-8-17(14-18)29-4)23-25-21-16(3)10-11-19(24)22(21)31-23/h7-11,14H,5-6,12-13,15H2,1-4H3. The molecule has 0 bridgehead atoms. The molecule has 0 fully saturated rings. The van der Waals surface area contributed by atoms with Gasteiger partial charge in [0.25, 0.3) is 5.91 Å². The van der Waals surface area contributed by atoms with E-state index in [2.05, 4.69) is 18.7 Å². The highest BCUT2D eigenvalue weighted by Gasteiger charge is 2.22. The van der Waals surface area contributed by atoms with Crippen molar-refractivity contribution in [3.63, 3.8) is 0 Å². The van der Waals surface area contributed by atoms with Gasteiger partial charge in [-0.25, -0.2) is 4.98 Å². The molecule has 1 heterocycles. The number of anilines is 1. The van der Waals surface area contributed by atoms with Crippen LogP contribution in [0.1, 0.15) is 19.4 Å². The Kier molecular flexibility index (Phi) is 8.12. The molecule has 0 N–H and O–H groups in total. The van der Waals surface area contributed by atoms with Crippen molar-refractivity contribution in [3.8, 4) is 11.5 Å². The summed E-state index contributed by atoms with van der Waals surface area (Å²) in [7, 11) is 1.60. The molecular formula is C23H28ClN3O3S. The Morgan fingerprint density at radius 2 is 1.87 bits per heavy atom. The molecule has 0 unspecified atom stereocenters. The summed E-state index contributed by atoms with van der Waals surface area (Å²) in [5.41, 5.74) is 1.87. The number of hydrogen-bond acceptors (Lipinski definition) is 6. The number of rotatable bonds is 10. The number of aromatic nitrogens is 1. The minimum Gasteiger partial charge on any atom is -0.497 e. The van der Waals surface area contributed by atoms with E-state index in [0.29, 0.717) is 28.2 Å². The maximum atomic E-state index is 13.2. The molecule has 31 heavy (non-hydrogen) atoms. The van der Waals surface area contributed by atoms with Gasteiger partial charge in [-0.1, -0.05) is 48.9 Å². The molecule has 0 aliphatic rings. The number of hydrogen-bond donors (Lipinski definition) is 0. The van der Waals surface area contributed by atoms with Crippen LogP contribution in [-0.4, -0.2) is 55.7 Å². The second-order valence-electron chi connectivity index (χ2n) is 7.08. The zero-order valence-electron chi connectivity index (χ0n) is 18.4. The molecule has 0 saturated heterocycles. The summed E-state index contributed by atoms with van der Waals surface area (Å²) in [6.07, 6.45) is 0. The van der Waals surface area contributed by atoms with Crippen molar-refractivity contribution >= 4 is 44.2 Å². The third kappa shape index (κ3) is 5.67. The van der Waals surface area contributed by atoms with Gasteiger partial charge in [-0.05, 0) is 43.8 Å². The van der Waals surface area contributed by atoms with E-state index in [1.807, 2.05) is 31.2 Å². The summed E-state index contributed by atoms with van der Waals surface area (Å²) >= 11 is 7.83. The molecule has 1 amide bonds. The van der Waals surface area contributed by atoms with E-state index >= 15 is 0 Å². The van der Waals surface area contributed by atoms with Gasteiger partial charge in [0.05, 0.1) is 22.3 Å². The number of halogens is 1. The first kappa shape index (κ1) is 23.3. The molecule has 166 valence electrons. The summed E-state index contributed by atoms with van der Waals surface area (Å²) in [6.45, 7) is 9.25. The largest absolute Gasteiger partial charge is 0.497 e. The predicted octanol–water partition coefficient (Wildman–Crippen LogP) is 5.02. The van der Waals surface area contributed by atoms with Gasteiger partial charge in [0.15, 0.2) is 11.7 Å². The number of likely N-dealkylation sites (N-methyl/N-ethyl adjacent to an activating group) is 1. The van der Waals surface area contributed by atoms with Gasteiger partial charge < -0.3 is 14.4 Å². The first-order chi connectivity index (χ1) is 15.0. The molecule has 2 aromatic carbocycles. The van der Waals surface area contributed by atoms with Crippen LogP contribution in [0.4, 0.5) is 5.13 Å². The minimum absolute atomic E-state index is 0.0892. The van der Waals surface area contributed by atoms with Crippen molar-refractivity contribution in [2.45, 2.75) is 20.8 Å². The average Bonchev–Trinajstić information content (AvgIpc) is 3.24. The number of amides is 1. The van der Waals surface area contributed by atoms with Gasteiger partial charge in [0.1, 0.15) is 11.5 Å². The van der Waals surface area contributed by atoms with Crippen LogP contribution in [0.15, 0.2) is 36.4 Å². The summed E-state index contributed by atoms with van der Waals surface area (Å²) in [5, 5.41) is 1.28. The Morgan fingerprint density at radius 3 is 2.55 bits per heavy atom. The Hall–Kier alpha value is -2.35. The first-order valence-electron chi connectivity index (χ1n) is 10.3. The van der Waals surface area contributed by atoms with Gasteiger partial charge in [0, 0.05) is 19.2 Å². The lowest BCUT2D eigenvalue weighted by atomic mass is 10.2. The number of aryl methyl sites for hydroxylation is 1. The first-order valence-corrected chi connectivity index (χ1v) is 11.5. The normalized spacial score (nSPS) is 11.2. The van der Waals surface area contributed by atoms with Gasteiger partial charge >= 0.3 is 0 Å². The smallest absolute Gasteiger partial charge is 0.266 e. The van der Waals surface area contributed by atoms with Crippen molar-refractivity contribution in [3.05, 3.63) is 47.0 Å². The van der Waals surface area contributed by atoms with E-state index < -0.39 is 0 Å². The highest BCUT2D eigenvalue weighted by Crippen LogP contribution is 2.35. The lowest BCUT2D eigenvalue weighted by molar-refractivity contribution is -0.120. The quantitative estimate of drug-likeness (QED) is 0.424. The Morgan fingerprint density at radius 1 is 1.13 bits per heavy atom. The Balaban J connectivity index is 1.84. The fourth-order valence-corrected chi connectivity index (χ4v) is 4.59. The second kappa shape index (κ2) is 10.8. The van der Waals surface area contributed by atoms with Crippen molar-refractivity contribution in [1.29, 1.82) is 0 Å². The van der Waals surface area contributed by atoms with Crippen molar-refractivity contribution < 1.29 is 14.3 Å². The molecule has 8 heteroatoms. The van der Waals surface area contributed by atoms with E-state index in [0.717, 1.165) is 35.4 Å². The summed E-state index contributed by atoms with van der Waals surface area (Å²) in [5.74, 6) is 1.11. The van der Waals surface area contributed by atoms with Crippen LogP contribution in [0, 0.1) is 6.92 Å². The summed E-state index contributed by atoms with van der Waals surface area (Å²) in [6, 6.07) is 11.0. The van der Waals surface area contributed by atoms with Crippen LogP contribution in [0.3, 0.4) is 0 Å². The lowest BCUT2D eigenvalue weighted by Crippen LogP contribution is -2.41. The second-order valence-corrected chi connectivity index (χ2v) is 8.46. The van der Waals surface area contributed by atoms with Crippen LogP contribution in [-0.2, 0) is 4.79 Å². The van der Waals surface area contributed by atoms with E-state index in [1.165, 1.54) is 11.3 Å². The van der Waals surface area contributed by atoms with Crippen LogP contribution < -0.4 is 14.4 Å². The average molecular weight is 462 g/mol. The number of fused-ring (bicyclic) bond motifs is 1. The highest BCUT2D eigenvalue weighted by atomic mass is 35.5. The highest BCUT2D eigenvalue weighted by molar-refractivity contribution is 7.23. The molecule has 0 spiro atoms. The number of carbonyl (C=O) groups is 1. The van der Waals surface area contributed by atoms with Gasteiger partial charge in [-0.2, -0.15) is 0 Å². The molecule has 0 radical (unpaired) electrons. The molecule has 0 saturated carbocycles.